The van der Waals surface area contributed by atoms with Gasteiger partial charge in [-0.05, 0) is 59.0 Å². The number of carbonyl (C=O) groups excluding carboxylic acids is 1. The van der Waals surface area contributed by atoms with Gasteiger partial charge in [-0.15, -0.1) is 0 Å². The Morgan fingerprint density at radius 2 is 1.95 bits per heavy atom. The number of anilines is 1. The molecule has 0 saturated carbocycles. The van der Waals surface area contributed by atoms with Crippen LogP contribution in [0.25, 0.3) is 22.2 Å². The standard InChI is InChI=1S/C27H36N6O5/c1-27(2,3)38-26(37)33-15-16(14-20(33)25(35)36)29-22-11-7-9-18(30-22)17-8-6-10-19-23(17)24(32(5)31-19)21(34)12-13-28-4/h6-11,16,20-21,28,34H,12-15H2,1-5H3,(H,29,30)(H,35,36). The fourth-order valence-corrected chi connectivity index (χ4v) is 4.85. The van der Waals surface area contributed by atoms with E-state index in [-0.39, 0.29) is 19.0 Å². The summed E-state index contributed by atoms with van der Waals surface area (Å²) in [4.78, 5) is 30.6. The van der Waals surface area contributed by atoms with Gasteiger partial charge in [0.05, 0.1) is 23.0 Å². The van der Waals surface area contributed by atoms with Crippen molar-refractivity contribution in [2.75, 3.05) is 25.5 Å². The van der Waals surface area contributed by atoms with Crippen LogP contribution in [0.1, 0.15) is 45.4 Å². The molecule has 0 aliphatic carbocycles. The van der Waals surface area contributed by atoms with Crippen LogP contribution in [0.2, 0.25) is 0 Å². The second kappa shape index (κ2) is 11.0. The lowest BCUT2D eigenvalue weighted by atomic mass is 10.0. The number of likely N-dealkylation sites (tertiary alicyclic amines) is 1. The van der Waals surface area contributed by atoms with Crippen molar-refractivity contribution in [3.05, 3.63) is 42.1 Å². The van der Waals surface area contributed by atoms with Crippen molar-refractivity contribution in [2.45, 2.75) is 57.4 Å². The summed E-state index contributed by atoms with van der Waals surface area (Å²) < 4.78 is 7.14. The van der Waals surface area contributed by atoms with Gasteiger partial charge in [0.2, 0.25) is 0 Å². The molecule has 1 saturated heterocycles. The van der Waals surface area contributed by atoms with E-state index in [9.17, 15) is 19.8 Å². The number of benzene rings is 1. The number of aliphatic hydroxyl groups excluding tert-OH is 1. The third-order valence-electron chi connectivity index (χ3n) is 6.48. The normalized spacial score (nSPS) is 18.5. The lowest BCUT2D eigenvalue weighted by Gasteiger charge is -2.26. The third-order valence-corrected chi connectivity index (χ3v) is 6.48. The third kappa shape index (κ3) is 5.89. The van der Waals surface area contributed by atoms with Crippen molar-refractivity contribution < 1.29 is 24.5 Å². The first-order chi connectivity index (χ1) is 18.0. The molecule has 11 nitrogen and oxygen atoms in total. The van der Waals surface area contributed by atoms with Crippen LogP contribution in [0, 0.1) is 0 Å². The summed E-state index contributed by atoms with van der Waals surface area (Å²) in [6.07, 6.45) is -0.594. The SMILES string of the molecule is CNCCC(O)c1c2c(-c3cccc(NC4CC(C(=O)O)N(C(=O)OC(C)(C)C)C4)n3)cccc2nn1C. The van der Waals surface area contributed by atoms with Gasteiger partial charge in [-0.1, -0.05) is 18.2 Å². The number of fused-ring (bicyclic) bond motifs is 1. The molecule has 2 aromatic heterocycles. The molecular weight excluding hydrogens is 488 g/mol. The maximum atomic E-state index is 12.7. The Balaban J connectivity index is 1.60. The van der Waals surface area contributed by atoms with Gasteiger partial charge in [0.25, 0.3) is 0 Å². The van der Waals surface area contributed by atoms with Crippen LogP contribution >= 0.6 is 0 Å². The van der Waals surface area contributed by atoms with Crippen molar-refractivity contribution in [3.8, 4) is 11.3 Å². The Bertz CT molecular complexity index is 1320. The summed E-state index contributed by atoms with van der Waals surface area (Å²) in [6.45, 7) is 6.08. The van der Waals surface area contributed by atoms with E-state index in [2.05, 4.69) is 15.7 Å². The molecule has 11 heteroatoms. The first-order valence-corrected chi connectivity index (χ1v) is 12.7. The van der Waals surface area contributed by atoms with Gasteiger partial charge in [0, 0.05) is 37.0 Å². The van der Waals surface area contributed by atoms with Crippen LogP contribution < -0.4 is 10.6 Å². The lowest BCUT2D eigenvalue weighted by Crippen LogP contribution is -2.43. The molecular formula is C27H36N6O5. The molecule has 3 heterocycles. The first kappa shape index (κ1) is 27.3. The predicted octanol–water partition coefficient (Wildman–Crippen LogP) is 3.15. The van der Waals surface area contributed by atoms with Crippen molar-refractivity contribution in [1.82, 2.24) is 25.0 Å². The van der Waals surface area contributed by atoms with Crippen molar-refractivity contribution >= 4 is 28.8 Å². The number of nitrogens with one attached hydrogen (secondary N) is 2. The van der Waals surface area contributed by atoms with Gasteiger partial charge < -0.3 is 25.6 Å². The van der Waals surface area contributed by atoms with Gasteiger partial charge >= 0.3 is 12.1 Å². The minimum atomic E-state index is -1.07. The minimum Gasteiger partial charge on any atom is -0.480 e. The number of hydrogen-bond acceptors (Lipinski definition) is 8. The molecule has 3 atom stereocenters. The number of pyridine rings is 1. The lowest BCUT2D eigenvalue weighted by molar-refractivity contribution is -0.142. The van der Waals surface area contributed by atoms with E-state index in [1.807, 2.05) is 50.5 Å². The molecule has 1 aliphatic heterocycles. The van der Waals surface area contributed by atoms with E-state index >= 15 is 0 Å². The fraction of sp³-hybridized carbons (Fsp3) is 0.481. The summed E-state index contributed by atoms with van der Waals surface area (Å²) in [5.41, 5.74) is 2.28. The number of carboxylic acids is 1. The molecule has 1 aliphatic rings. The second-order valence-corrected chi connectivity index (χ2v) is 10.6. The van der Waals surface area contributed by atoms with E-state index in [0.29, 0.717) is 24.5 Å². The van der Waals surface area contributed by atoms with E-state index < -0.39 is 29.8 Å². The summed E-state index contributed by atoms with van der Waals surface area (Å²) in [6, 6.07) is 10.0. The Morgan fingerprint density at radius 3 is 2.63 bits per heavy atom. The molecule has 3 unspecified atom stereocenters. The molecule has 0 radical (unpaired) electrons. The molecule has 1 amide bonds. The minimum absolute atomic E-state index is 0.178. The molecule has 4 N–H and O–H groups in total. The zero-order chi connectivity index (χ0) is 27.6. The number of aryl methyl sites for hydroxylation is 1. The van der Waals surface area contributed by atoms with E-state index in [4.69, 9.17) is 9.72 Å². The number of nitrogens with zero attached hydrogens (tertiary/aromatic N) is 4. The van der Waals surface area contributed by atoms with Crippen LogP contribution in [-0.2, 0) is 16.6 Å². The Hall–Kier alpha value is -3.70. The Kier molecular flexibility index (Phi) is 7.89. The van der Waals surface area contributed by atoms with Crippen LogP contribution in [0.5, 0.6) is 0 Å². The first-order valence-electron chi connectivity index (χ1n) is 12.7. The fourth-order valence-electron chi connectivity index (χ4n) is 4.85. The second-order valence-electron chi connectivity index (χ2n) is 10.6. The smallest absolute Gasteiger partial charge is 0.411 e. The van der Waals surface area contributed by atoms with Crippen LogP contribution in [0.15, 0.2) is 36.4 Å². The maximum Gasteiger partial charge on any atom is 0.411 e. The number of amides is 1. The van der Waals surface area contributed by atoms with Crippen molar-refractivity contribution in [3.63, 3.8) is 0 Å². The molecule has 204 valence electrons. The highest BCUT2D eigenvalue weighted by Gasteiger charge is 2.41. The number of aliphatic carboxylic acids is 1. The largest absolute Gasteiger partial charge is 0.480 e. The highest BCUT2D eigenvalue weighted by Crippen LogP contribution is 2.34. The van der Waals surface area contributed by atoms with Crippen LogP contribution in [0.4, 0.5) is 10.6 Å². The van der Waals surface area contributed by atoms with Crippen molar-refractivity contribution in [2.24, 2.45) is 7.05 Å². The average molecular weight is 525 g/mol. The summed E-state index contributed by atoms with van der Waals surface area (Å²) in [5, 5.41) is 32.4. The number of aromatic nitrogens is 3. The highest BCUT2D eigenvalue weighted by molar-refractivity contribution is 5.96. The number of rotatable bonds is 8. The van der Waals surface area contributed by atoms with Gasteiger partial charge in [-0.3, -0.25) is 9.58 Å². The zero-order valence-corrected chi connectivity index (χ0v) is 22.4. The molecule has 0 spiro atoms. The van der Waals surface area contributed by atoms with Crippen molar-refractivity contribution in [1.29, 1.82) is 0 Å². The topological polar surface area (TPSA) is 142 Å². The summed E-state index contributed by atoms with van der Waals surface area (Å²) in [5.74, 6) is -0.518. The van der Waals surface area contributed by atoms with E-state index in [1.54, 1.807) is 25.5 Å². The number of aliphatic hydroxyl groups is 1. The molecule has 1 aromatic carbocycles. The van der Waals surface area contributed by atoms with Gasteiger partial charge in [-0.25, -0.2) is 14.6 Å². The number of carboxylic acid groups (broad SMARTS) is 1. The van der Waals surface area contributed by atoms with E-state index in [0.717, 1.165) is 22.2 Å². The summed E-state index contributed by atoms with van der Waals surface area (Å²) >= 11 is 0. The van der Waals surface area contributed by atoms with Gasteiger partial charge in [-0.2, -0.15) is 5.10 Å². The average Bonchev–Trinajstić information content (AvgIpc) is 3.42. The van der Waals surface area contributed by atoms with Crippen LogP contribution in [-0.4, -0.2) is 79.8 Å². The molecule has 38 heavy (non-hydrogen) atoms. The Labute approximate surface area is 221 Å². The molecule has 1 fully saturated rings. The van der Waals surface area contributed by atoms with E-state index in [1.165, 1.54) is 4.90 Å². The van der Waals surface area contributed by atoms with Crippen LogP contribution in [0.3, 0.4) is 0 Å². The zero-order valence-electron chi connectivity index (χ0n) is 22.4. The molecule has 3 aromatic rings. The highest BCUT2D eigenvalue weighted by atomic mass is 16.6. The predicted molar refractivity (Wildman–Crippen MR) is 144 cm³/mol. The number of carbonyl (C=O) groups is 2. The molecule has 0 bridgehead atoms. The Morgan fingerprint density at radius 1 is 1.21 bits per heavy atom. The van der Waals surface area contributed by atoms with Gasteiger partial charge in [0.15, 0.2) is 0 Å². The monoisotopic (exact) mass is 524 g/mol. The maximum absolute atomic E-state index is 12.7. The molecule has 4 rings (SSSR count). The number of ether oxygens (including phenoxy) is 1. The quantitative estimate of drug-likeness (QED) is 0.350. The number of hydrogen-bond donors (Lipinski definition) is 4. The van der Waals surface area contributed by atoms with Gasteiger partial charge in [0.1, 0.15) is 17.5 Å². The summed E-state index contributed by atoms with van der Waals surface area (Å²) in [7, 11) is 3.67.